The summed E-state index contributed by atoms with van der Waals surface area (Å²) >= 11 is 0. The van der Waals surface area contributed by atoms with Gasteiger partial charge in [-0.1, -0.05) is 5.21 Å². The van der Waals surface area contributed by atoms with Crippen LogP contribution in [0.15, 0.2) is 24.4 Å². The van der Waals surface area contributed by atoms with Crippen LogP contribution < -0.4 is 4.74 Å². The molecular weight excluding hydrogens is 209 g/mol. The third kappa shape index (κ3) is 2.36. The summed E-state index contributed by atoms with van der Waals surface area (Å²) in [5.41, 5.74) is 1.31. The van der Waals surface area contributed by atoms with Crippen molar-refractivity contribution in [2.45, 2.75) is 13.5 Å². The summed E-state index contributed by atoms with van der Waals surface area (Å²) in [7, 11) is 1.79. The molecule has 0 spiro atoms. The van der Waals surface area contributed by atoms with Crippen LogP contribution in [0.3, 0.4) is 0 Å². The minimum absolute atomic E-state index is 0.230. The number of halogens is 1. The van der Waals surface area contributed by atoms with Gasteiger partial charge >= 0.3 is 0 Å². The summed E-state index contributed by atoms with van der Waals surface area (Å²) in [5, 5.41) is 7.67. The number of ether oxygens (including phenoxy) is 1. The number of hydrogen-bond acceptors (Lipinski definition) is 3. The Balaban J connectivity index is 2.02. The van der Waals surface area contributed by atoms with E-state index >= 15 is 0 Å². The first kappa shape index (κ1) is 10.6. The van der Waals surface area contributed by atoms with E-state index in [0.717, 1.165) is 5.69 Å². The van der Waals surface area contributed by atoms with Gasteiger partial charge in [0.15, 0.2) is 0 Å². The summed E-state index contributed by atoms with van der Waals surface area (Å²) in [4.78, 5) is 0. The lowest BCUT2D eigenvalue weighted by atomic mass is 10.2. The average Bonchev–Trinajstić information content (AvgIpc) is 2.66. The Bertz CT molecular complexity index is 496. The Kier molecular flexibility index (Phi) is 2.85. The summed E-state index contributed by atoms with van der Waals surface area (Å²) in [5.74, 6) is 0.399. The van der Waals surface area contributed by atoms with Crippen LogP contribution in [0, 0.1) is 12.7 Å². The van der Waals surface area contributed by atoms with Crippen molar-refractivity contribution in [3.63, 3.8) is 0 Å². The van der Waals surface area contributed by atoms with E-state index < -0.39 is 0 Å². The molecule has 0 N–H and O–H groups in total. The van der Waals surface area contributed by atoms with Gasteiger partial charge in [0, 0.05) is 7.05 Å². The van der Waals surface area contributed by atoms with Crippen LogP contribution in [-0.2, 0) is 13.7 Å². The average molecular weight is 221 g/mol. The second-order valence-corrected chi connectivity index (χ2v) is 3.58. The molecule has 0 bridgehead atoms. The van der Waals surface area contributed by atoms with E-state index in [1.165, 1.54) is 6.07 Å². The van der Waals surface area contributed by atoms with Crippen LogP contribution in [0.5, 0.6) is 5.75 Å². The third-order valence-corrected chi connectivity index (χ3v) is 2.17. The van der Waals surface area contributed by atoms with Crippen molar-refractivity contribution in [3.8, 4) is 5.75 Å². The minimum atomic E-state index is -0.230. The molecule has 0 aliphatic rings. The van der Waals surface area contributed by atoms with E-state index in [1.807, 2.05) is 0 Å². The zero-order chi connectivity index (χ0) is 11.5. The van der Waals surface area contributed by atoms with Gasteiger partial charge in [0.05, 0.1) is 6.20 Å². The molecule has 1 heterocycles. The first-order valence-electron chi connectivity index (χ1n) is 4.89. The standard InChI is InChI=1S/C11H12FN3O/c1-8-5-10(3-4-11(8)12)16-7-9-6-15(2)14-13-9/h3-6H,7H2,1-2H3. The summed E-state index contributed by atoms with van der Waals surface area (Å²) in [6, 6.07) is 4.64. The highest BCUT2D eigenvalue weighted by atomic mass is 19.1. The maximum absolute atomic E-state index is 13.0. The quantitative estimate of drug-likeness (QED) is 0.794. The van der Waals surface area contributed by atoms with Crippen molar-refractivity contribution in [1.29, 1.82) is 0 Å². The fourth-order valence-electron chi connectivity index (χ4n) is 1.33. The Morgan fingerprint density at radius 3 is 2.88 bits per heavy atom. The van der Waals surface area contributed by atoms with E-state index in [0.29, 0.717) is 17.9 Å². The van der Waals surface area contributed by atoms with E-state index in [-0.39, 0.29) is 5.82 Å². The highest BCUT2D eigenvalue weighted by Crippen LogP contribution is 2.16. The summed E-state index contributed by atoms with van der Waals surface area (Å²) in [6.07, 6.45) is 1.77. The lowest BCUT2D eigenvalue weighted by Gasteiger charge is -2.04. The highest BCUT2D eigenvalue weighted by Gasteiger charge is 2.02. The van der Waals surface area contributed by atoms with Crippen molar-refractivity contribution in [1.82, 2.24) is 15.0 Å². The first-order chi connectivity index (χ1) is 7.65. The molecule has 0 fully saturated rings. The van der Waals surface area contributed by atoms with Crippen LogP contribution in [-0.4, -0.2) is 15.0 Å². The zero-order valence-electron chi connectivity index (χ0n) is 9.14. The zero-order valence-corrected chi connectivity index (χ0v) is 9.14. The molecule has 0 saturated heterocycles. The molecule has 0 aliphatic heterocycles. The minimum Gasteiger partial charge on any atom is -0.487 e. The smallest absolute Gasteiger partial charge is 0.134 e. The van der Waals surface area contributed by atoms with E-state index in [2.05, 4.69) is 10.3 Å². The molecule has 16 heavy (non-hydrogen) atoms. The number of rotatable bonds is 3. The molecule has 0 saturated carbocycles. The Hall–Kier alpha value is -1.91. The maximum Gasteiger partial charge on any atom is 0.134 e. The van der Waals surface area contributed by atoms with Gasteiger partial charge in [0.25, 0.3) is 0 Å². The molecule has 5 heteroatoms. The van der Waals surface area contributed by atoms with Crippen molar-refractivity contribution in [2.75, 3.05) is 0 Å². The fraction of sp³-hybridized carbons (Fsp3) is 0.273. The molecule has 0 amide bonds. The Morgan fingerprint density at radius 2 is 2.25 bits per heavy atom. The topological polar surface area (TPSA) is 39.9 Å². The van der Waals surface area contributed by atoms with Crippen LogP contribution in [0.2, 0.25) is 0 Å². The highest BCUT2D eigenvalue weighted by molar-refractivity contribution is 5.28. The molecular formula is C11H12FN3O. The molecule has 0 radical (unpaired) electrons. The van der Waals surface area contributed by atoms with Gasteiger partial charge in [-0.05, 0) is 30.7 Å². The van der Waals surface area contributed by atoms with Gasteiger partial charge in [0.1, 0.15) is 23.9 Å². The SMILES string of the molecule is Cc1cc(OCc2cn(C)nn2)ccc1F. The molecule has 0 atom stereocenters. The van der Waals surface area contributed by atoms with E-state index in [9.17, 15) is 4.39 Å². The van der Waals surface area contributed by atoms with Gasteiger partial charge in [-0.15, -0.1) is 5.10 Å². The van der Waals surface area contributed by atoms with Gasteiger partial charge in [-0.25, -0.2) is 4.39 Å². The number of aryl methyl sites for hydroxylation is 2. The van der Waals surface area contributed by atoms with Crippen molar-refractivity contribution in [2.24, 2.45) is 7.05 Å². The first-order valence-corrected chi connectivity index (χ1v) is 4.89. The normalized spacial score (nSPS) is 10.4. The lowest BCUT2D eigenvalue weighted by Crippen LogP contribution is -1.96. The number of hydrogen-bond donors (Lipinski definition) is 0. The monoisotopic (exact) mass is 221 g/mol. The molecule has 0 unspecified atom stereocenters. The Morgan fingerprint density at radius 1 is 1.44 bits per heavy atom. The van der Waals surface area contributed by atoms with Gasteiger partial charge < -0.3 is 4.74 Å². The predicted octanol–water partition coefficient (Wildman–Crippen LogP) is 1.84. The number of aromatic nitrogens is 3. The van der Waals surface area contributed by atoms with E-state index in [4.69, 9.17) is 4.74 Å². The summed E-state index contributed by atoms with van der Waals surface area (Å²) < 4.78 is 20.0. The maximum atomic E-state index is 13.0. The van der Waals surface area contributed by atoms with Crippen LogP contribution >= 0.6 is 0 Å². The largest absolute Gasteiger partial charge is 0.487 e. The number of nitrogens with zero attached hydrogens (tertiary/aromatic N) is 3. The Labute approximate surface area is 92.7 Å². The molecule has 1 aromatic carbocycles. The lowest BCUT2D eigenvalue weighted by molar-refractivity contribution is 0.300. The fourth-order valence-corrected chi connectivity index (χ4v) is 1.33. The van der Waals surface area contributed by atoms with Crippen molar-refractivity contribution in [3.05, 3.63) is 41.5 Å². The van der Waals surface area contributed by atoms with E-state index in [1.54, 1.807) is 37.0 Å². The number of benzene rings is 1. The van der Waals surface area contributed by atoms with Gasteiger partial charge in [-0.2, -0.15) is 0 Å². The molecule has 84 valence electrons. The third-order valence-electron chi connectivity index (χ3n) is 2.17. The molecule has 2 rings (SSSR count). The van der Waals surface area contributed by atoms with Crippen LogP contribution in [0.25, 0.3) is 0 Å². The second kappa shape index (κ2) is 4.30. The molecule has 0 aliphatic carbocycles. The molecule has 1 aromatic heterocycles. The van der Waals surface area contributed by atoms with Gasteiger partial charge in [0.2, 0.25) is 0 Å². The summed E-state index contributed by atoms with van der Waals surface area (Å²) in [6.45, 7) is 2.03. The second-order valence-electron chi connectivity index (χ2n) is 3.58. The molecule has 4 nitrogen and oxygen atoms in total. The predicted molar refractivity (Wildman–Crippen MR) is 56.5 cm³/mol. The van der Waals surface area contributed by atoms with Crippen LogP contribution in [0.4, 0.5) is 4.39 Å². The molecule has 2 aromatic rings. The van der Waals surface area contributed by atoms with Gasteiger partial charge in [-0.3, -0.25) is 4.68 Å². The van der Waals surface area contributed by atoms with Crippen molar-refractivity contribution >= 4 is 0 Å². The van der Waals surface area contributed by atoms with Crippen molar-refractivity contribution < 1.29 is 9.13 Å². The van der Waals surface area contributed by atoms with Crippen LogP contribution in [0.1, 0.15) is 11.3 Å².